The molecule has 0 atom stereocenters. The van der Waals surface area contributed by atoms with E-state index in [0.717, 1.165) is 16.5 Å². The molecule has 0 fully saturated rings. The Balaban J connectivity index is 2.25. The zero-order valence-electron chi connectivity index (χ0n) is 12.1. The average molecular weight is 347 g/mol. The summed E-state index contributed by atoms with van der Waals surface area (Å²) in [5, 5.41) is 0. The van der Waals surface area contributed by atoms with Gasteiger partial charge in [-0.3, -0.25) is 4.79 Å². The van der Waals surface area contributed by atoms with Crippen LogP contribution in [-0.2, 0) is 6.54 Å². The van der Waals surface area contributed by atoms with Gasteiger partial charge >= 0.3 is 0 Å². The molecule has 110 valence electrons. The van der Waals surface area contributed by atoms with Gasteiger partial charge in [-0.2, -0.15) is 0 Å². The Morgan fingerprint density at radius 3 is 2.57 bits per heavy atom. The van der Waals surface area contributed by atoms with Crippen LogP contribution in [0.4, 0.5) is 5.69 Å². The molecule has 0 unspecified atom stereocenters. The van der Waals surface area contributed by atoms with Gasteiger partial charge in [-0.15, -0.1) is 0 Å². The number of carbonyl (C=O) groups is 1. The Bertz CT molecular complexity index is 613. The van der Waals surface area contributed by atoms with Crippen molar-refractivity contribution >= 4 is 27.5 Å². The third-order valence-corrected chi connectivity index (χ3v) is 3.74. The van der Waals surface area contributed by atoms with E-state index < -0.39 is 0 Å². The van der Waals surface area contributed by atoms with E-state index in [1.165, 1.54) is 0 Å². The highest BCUT2D eigenvalue weighted by Gasteiger charge is 2.18. The van der Waals surface area contributed by atoms with Crippen LogP contribution in [0.15, 0.2) is 53.0 Å². The summed E-state index contributed by atoms with van der Waals surface area (Å²) in [5.41, 5.74) is 8.13. The Morgan fingerprint density at radius 2 is 1.90 bits per heavy atom. The van der Waals surface area contributed by atoms with E-state index >= 15 is 0 Å². The number of nitrogens with two attached hydrogens (primary N) is 1. The van der Waals surface area contributed by atoms with Crippen molar-refractivity contribution in [1.29, 1.82) is 0 Å². The number of carbonyl (C=O) groups excluding carboxylic acids is 1. The molecule has 0 saturated heterocycles. The highest BCUT2D eigenvalue weighted by Crippen LogP contribution is 2.21. The fraction of sp³-hybridized carbons (Fsp3) is 0.235. The summed E-state index contributed by atoms with van der Waals surface area (Å²) in [6, 6.07) is 15.4. The highest BCUT2D eigenvalue weighted by molar-refractivity contribution is 9.10. The SMILES string of the molecule is CCCN(Cc1ccccc1)C(=O)c1cc(Br)ccc1N. The van der Waals surface area contributed by atoms with Gasteiger partial charge in [0.1, 0.15) is 0 Å². The molecule has 0 aliphatic heterocycles. The smallest absolute Gasteiger partial charge is 0.256 e. The zero-order valence-corrected chi connectivity index (χ0v) is 13.6. The number of amides is 1. The van der Waals surface area contributed by atoms with Gasteiger partial charge < -0.3 is 10.6 Å². The van der Waals surface area contributed by atoms with Crippen molar-refractivity contribution in [3.63, 3.8) is 0 Å². The Labute approximate surface area is 133 Å². The number of hydrogen-bond donors (Lipinski definition) is 1. The summed E-state index contributed by atoms with van der Waals surface area (Å²) < 4.78 is 0.858. The fourth-order valence-electron chi connectivity index (χ4n) is 2.21. The second-order valence-corrected chi connectivity index (χ2v) is 5.86. The highest BCUT2D eigenvalue weighted by atomic mass is 79.9. The second kappa shape index (κ2) is 7.27. The minimum absolute atomic E-state index is 0.0282. The third-order valence-electron chi connectivity index (χ3n) is 3.24. The number of benzene rings is 2. The number of hydrogen-bond acceptors (Lipinski definition) is 2. The van der Waals surface area contributed by atoms with Crippen LogP contribution in [0.5, 0.6) is 0 Å². The zero-order chi connectivity index (χ0) is 15.2. The lowest BCUT2D eigenvalue weighted by molar-refractivity contribution is 0.0744. The van der Waals surface area contributed by atoms with Crippen molar-refractivity contribution in [1.82, 2.24) is 4.90 Å². The Hall–Kier alpha value is -1.81. The molecule has 2 aromatic carbocycles. The van der Waals surface area contributed by atoms with Crippen molar-refractivity contribution in [2.75, 3.05) is 12.3 Å². The molecular weight excluding hydrogens is 328 g/mol. The van der Waals surface area contributed by atoms with Crippen molar-refractivity contribution < 1.29 is 4.79 Å². The van der Waals surface area contributed by atoms with Crippen molar-refractivity contribution in [3.05, 3.63) is 64.1 Å². The standard InChI is InChI=1S/C17H19BrN2O/c1-2-10-20(12-13-6-4-3-5-7-13)17(21)15-11-14(18)8-9-16(15)19/h3-9,11H,2,10,12,19H2,1H3. The molecule has 0 aromatic heterocycles. The first-order valence-electron chi connectivity index (χ1n) is 7.00. The topological polar surface area (TPSA) is 46.3 Å². The van der Waals surface area contributed by atoms with E-state index in [1.54, 1.807) is 12.1 Å². The van der Waals surface area contributed by atoms with Crippen LogP contribution in [-0.4, -0.2) is 17.4 Å². The molecule has 0 bridgehead atoms. The third kappa shape index (κ3) is 4.08. The molecule has 0 heterocycles. The van der Waals surface area contributed by atoms with E-state index in [9.17, 15) is 4.79 Å². The molecule has 0 aliphatic rings. The van der Waals surface area contributed by atoms with Gasteiger partial charge in [0.05, 0.1) is 5.56 Å². The predicted octanol–water partition coefficient (Wildman–Crippen LogP) is 4.08. The fourth-order valence-corrected chi connectivity index (χ4v) is 2.57. The molecular formula is C17H19BrN2O. The second-order valence-electron chi connectivity index (χ2n) is 4.94. The van der Waals surface area contributed by atoms with E-state index in [4.69, 9.17) is 5.73 Å². The molecule has 3 nitrogen and oxygen atoms in total. The maximum Gasteiger partial charge on any atom is 0.256 e. The molecule has 2 N–H and O–H groups in total. The maximum absolute atomic E-state index is 12.7. The first-order chi connectivity index (χ1) is 10.1. The van der Waals surface area contributed by atoms with E-state index in [1.807, 2.05) is 41.3 Å². The molecule has 1 amide bonds. The molecule has 2 aromatic rings. The normalized spacial score (nSPS) is 10.4. The van der Waals surface area contributed by atoms with E-state index in [-0.39, 0.29) is 5.91 Å². The number of halogens is 1. The quantitative estimate of drug-likeness (QED) is 0.829. The molecule has 0 saturated carbocycles. The van der Waals surface area contributed by atoms with Crippen molar-refractivity contribution in [3.8, 4) is 0 Å². The van der Waals surface area contributed by atoms with E-state index in [0.29, 0.717) is 24.3 Å². The van der Waals surface area contributed by atoms with Gasteiger partial charge in [-0.05, 0) is 30.2 Å². The van der Waals surface area contributed by atoms with Crippen molar-refractivity contribution in [2.45, 2.75) is 19.9 Å². The Morgan fingerprint density at radius 1 is 1.19 bits per heavy atom. The van der Waals surface area contributed by atoms with Gasteiger partial charge in [0, 0.05) is 23.2 Å². The number of nitrogen functional groups attached to an aromatic ring is 1. The summed E-state index contributed by atoms with van der Waals surface area (Å²) in [6.45, 7) is 3.37. The van der Waals surface area contributed by atoms with Gasteiger partial charge in [0.15, 0.2) is 0 Å². The predicted molar refractivity (Wildman–Crippen MR) is 90.0 cm³/mol. The first kappa shape index (κ1) is 15.6. The number of nitrogens with zero attached hydrogens (tertiary/aromatic N) is 1. The molecule has 21 heavy (non-hydrogen) atoms. The average Bonchev–Trinajstić information content (AvgIpc) is 2.49. The minimum atomic E-state index is -0.0282. The van der Waals surface area contributed by atoms with Gasteiger partial charge in [-0.1, -0.05) is 53.2 Å². The van der Waals surface area contributed by atoms with Crippen LogP contribution < -0.4 is 5.73 Å². The first-order valence-corrected chi connectivity index (χ1v) is 7.79. The Kier molecular flexibility index (Phi) is 5.39. The van der Waals surface area contributed by atoms with Crippen LogP contribution >= 0.6 is 15.9 Å². The van der Waals surface area contributed by atoms with E-state index in [2.05, 4.69) is 22.9 Å². The molecule has 0 spiro atoms. The summed E-state index contributed by atoms with van der Waals surface area (Å²) in [6.07, 6.45) is 0.909. The maximum atomic E-state index is 12.7. The van der Waals surface area contributed by atoms with Crippen LogP contribution in [0.3, 0.4) is 0 Å². The van der Waals surface area contributed by atoms with Crippen molar-refractivity contribution in [2.24, 2.45) is 0 Å². The van der Waals surface area contributed by atoms with Gasteiger partial charge in [-0.25, -0.2) is 0 Å². The number of rotatable bonds is 5. The number of anilines is 1. The lowest BCUT2D eigenvalue weighted by Gasteiger charge is -2.23. The molecule has 0 aliphatic carbocycles. The summed E-state index contributed by atoms with van der Waals surface area (Å²) >= 11 is 3.39. The molecule has 0 radical (unpaired) electrons. The minimum Gasteiger partial charge on any atom is -0.398 e. The lowest BCUT2D eigenvalue weighted by atomic mass is 10.1. The monoisotopic (exact) mass is 346 g/mol. The van der Waals surface area contributed by atoms with Crippen LogP contribution in [0.2, 0.25) is 0 Å². The summed E-state index contributed by atoms with van der Waals surface area (Å²) in [7, 11) is 0. The summed E-state index contributed by atoms with van der Waals surface area (Å²) in [4.78, 5) is 14.6. The molecule has 4 heteroatoms. The van der Waals surface area contributed by atoms with Crippen LogP contribution in [0, 0.1) is 0 Å². The van der Waals surface area contributed by atoms with Gasteiger partial charge in [0.25, 0.3) is 5.91 Å². The summed E-state index contributed by atoms with van der Waals surface area (Å²) in [5.74, 6) is -0.0282. The largest absolute Gasteiger partial charge is 0.398 e. The van der Waals surface area contributed by atoms with Gasteiger partial charge in [0.2, 0.25) is 0 Å². The lowest BCUT2D eigenvalue weighted by Crippen LogP contribution is -2.31. The molecule has 2 rings (SSSR count). The van der Waals surface area contributed by atoms with Crippen LogP contribution in [0.25, 0.3) is 0 Å². The van der Waals surface area contributed by atoms with Crippen LogP contribution in [0.1, 0.15) is 29.3 Å².